The summed E-state index contributed by atoms with van der Waals surface area (Å²) in [6, 6.07) is 6.01. The Kier molecular flexibility index (Phi) is 8.39. The van der Waals surface area contributed by atoms with Crippen LogP contribution in [0.15, 0.2) is 36.9 Å². The molecule has 3 fully saturated rings. The summed E-state index contributed by atoms with van der Waals surface area (Å²) < 4.78 is 6.63. The molecule has 1 aromatic carbocycles. The number of hydrogen-bond donors (Lipinski definition) is 2. The topological polar surface area (TPSA) is 111 Å². The van der Waals surface area contributed by atoms with E-state index < -0.39 is 47.0 Å². The zero-order valence-corrected chi connectivity index (χ0v) is 24.7. The van der Waals surface area contributed by atoms with Crippen LogP contribution >= 0.6 is 0 Å². The minimum Gasteiger partial charge on any atom is -0.481 e. The summed E-state index contributed by atoms with van der Waals surface area (Å²) >= 11 is 0. The van der Waals surface area contributed by atoms with Crippen molar-refractivity contribution in [1.82, 2.24) is 4.90 Å². The van der Waals surface area contributed by atoms with Crippen LogP contribution in [0.4, 0.5) is 11.4 Å². The minimum absolute atomic E-state index is 0.138. The third-order valence-corrected chi connectivity index (χ3v) is 9.47. The van der Waals surface area contributed by atoms with Crippen LogP contribution < -0.4 is 9.80 Å². The summed E-state index contributed by atoms with van der Waals surface area (Å²) in [7, 11) is 0. The van der Waals surface area contributed by atoms with Gasteiger partial charge in [0.05, 0.1) is 24.2 Å². The van der Waals surface area contributed by atoms with Crippen molar-refractivity contribution >= 4 is 29.2 Å². The number of carboxylic acids is 1. The van der Waals surface area contributed by atoms with Gasteiger partial charge in [-0.1, -0.05) is 26.8 Å². The average Bonchev–Trinajstić information content (AvgIpc) is 3.43. The molecular weight excluding hydrogens is 510 g/mol. The number of carbonyl (C=O) groups excluding carboxylic acids is 2. The molecule has 3 aliphatic heterocycles. The number of anilines is 2. The van der Waals surface area contributed by atoms with Crippen LogP contribution in [0.1, 0.15) is 54.4 Å². The Hall–Kier alpha value is -2.91. The number of carbonyl (C=O) groups is 3. The second kappa shape index (κ2) is 11.2. The van der Waals surface area contributed by atoms with Crippen molar-refractivity contribution in [3.8, 4) is 0 Å². The lowest BCUT2D eigenvalue weighted by Gasteiger charge is -2.40. The van der Waals surface area contributed by atoms with Gasteiger partial charge in [0.25, 0.3) is 5.91 Å². The zero-order chi connectivity index (χ0) is 29.6. The molecule has 3 unspecified atom stereocenters. The summed E-state index contributed by atoms with van der Waals surface area (Å²) in [6.45, 7) is 17.3. The molecule has 3 heterocycles. The molecule has 2 amide bonds. The standard InChI is InChI=1S/C31H45N3O6/c1-8-15-33(22-13-11-21(12-14-22)32(9-2)10-3)28(37)26-31-17-20(6)30(7,40-31)25(29(38)39)24(31)27(36)34(26)23(18-35)16-19(4)5/h8,11-14,19-20,23-26,35H,1,9-10,15-18H2,2-7H3,(H,38,39)/t20?,23-,24+,25-,26?,30+,31?/m1/s1. The molecule has 0 aliphatic carbocycles. The quantitative estimate of drug-likeness (QED) is 0.380. The van der Waals surface area contributed by atoms with Gasteiger partial charge in [0, 0.05) is 31.0 Å². The number of carboxylic acid groups (broad SMARTS) is 1. The summed E-state index contributed by atoms with van der Waals surface area (Å²) in [5.41, 5.74) is -0.676. The summed E-state index contributed by atoms with van der Waals surface area (Å²) in [5, 5.41) is 20.8. The highest BCUT2D eigenvalue weighted by Gasteiger charge is 2.80. The normalized spacial score (nSPS) is 31.4. The number of likely N-dealkylation sites (tertiary alicyclic amines) is 1. The van der Waals surface area contributed by atoms with Crippen LogP contribution in [0.3, 0.4) is 0 Å². The molecule has 9 nitrogen and oxygen atoms in total. The fourth-order valence-corrected chi connectivity index (χ4v) is 7.58. The number of aliphatic carboxylic acids is 1. The molecule has 4 rings (SSSR count). The van der Waals surface area contributed by atoms with Gasteiger partial charge >= 0.3 is 5.97 Å². The van der Waals surface area contributed by atoms with Crippen molar-refractivity contribution in [2.24, 2.45) is 23.7 Å². The van der Waals surface area contributed by atoms with E-state index in [0.717, 1.165) is 18.8 Å². The van der Waals surface area contributed by atoms with Crippen LogP contribution in [0.2, 0.25) is 0 Å². The summed E-state index contributed by atoms with van der Waals surface area (Å²) in [5.74, 6) is -3.99. The number of aliphatic hydroxyl groups excluding tert-OH is 1. The molecule has 2 N–H and O–H groups in total. The van der Waals surface area contributed by atoms with Crippen molar-refractivity contribution in [3.05, 3.63) is 36.9 Å². The van der Waals surface area contributed by atoms with Crippen molar-refractivity contribution in [3.63, 3.8) is 0 Å². The first kappa shape index (κ1) is 30.1. The smallest absolute Gasteiger partial charge is 0.310 e. The van der Waals surface area contributed by atoms with Gasteiger partial charge in [-0.05, 0) is 69.7 Å². The van der Waals surface area contributed by atoms with Crippen molar-refractivity contribution in [1.29, 1.82) is 0 Å². The number of nitrogens with zero attached hydrogens (tertiary/aromatic N) is 3. The highest BCUT2D eigenvalue weighted by molar-refractivity contribution is 6.05. The lowest BCUT2D eigenvalue weighted by atomic mass is 9.62. The Balaban J connectivity index is 1.83. The molecule has 9 heteroatoms. The molecule has 7 atom stereocenters. The first-order valence-electron chi connectivity index (χ1n) is 14.5. The average molecular weight is 556 g/mol. The van der Waals surface area contributed by atoms with Crippen LogP contribution in [0, 0.1) is 23.7 Å². The third-order valence-electron chi connectivity index (χ3n) is 9.47. The van der Waals surface area contributed by atoms with Gasteiger partial charge in [0.15, 0.2) is 0 Å². The largest absolute Gasteiger partial charge is 0.481 e. The molecule has 0 radical (unpaired) electrons. The lowest BCUT2D eigenvalue weighted by Crippen LogP contribution is -2.59. The van der Waals surface area contributed by atoms with E-state index in [0.29, 0.717) is 18.5 Å². The van der Waals surface area contributed by atoms with Crippen molar-refractivity contribution in [2.45, 2.75) is 77.7 Å². The molecule has 220 valence electrons. The molecule has 0 aromatic heterocycles. The van der Waals surface area contributed by atoms with Gasteiger partial charge < -0.3 is 29.6 Å². The second-order valence-corrected chi connectivity index (χ2v) is 12.2. The molecule has 3 aliphatic rings. The van der Waals surface area contributed by atoms with Crippen molar-refractivity contribution in [2.75, 3.05) is 36.0 Å². The van der Waals surface area contributed by atoms with Gasteiger partial charge in [0.2, 0.25) is 5.91 Å². The van der Waals surface area contributed by atoms with E-state index >= 15 is 0 Å². The highest BCUT2D eigenvalue weighted by atomic mass is 16.5. The van der Waals surface area contributed by atoms with Gasteiger partial charge in [-0.3, -0.25) is 14.4 Å². The summed E-state index contributed by atoms with van der Waals surface area (Å²) in [4.78, 5) is 46.8. The van der Waals surface area contributed by atoms with Crippen molar-refractivity contribution < 1.29 is 29.3 Å². The zero-order valence-electron chi connectivity index (χ0n) is 24.7. The first-order chi connectivity index (χ1) is 18.9. The molecule has 0 saturated carbocycles. The van der Waals surface area contributed by atoms with E-state index in [9.17, 15) is 24.6 Å². The molecular formula is C31H45N3O6. The van der Waals surface area contributed by atoms with E-state index in [4.69, 9.17) is 4.74 Å². The highest BCUT2D eigenvalue weighted by Crippen LogP contribution is 2.65. The Bertz CT molecular complexity index is 1130. The van der Waals surface area contributed by atoms with E-state index in [1.165, 1.54) is 4.90 Å². The van der Waals surface area contributed by atoms with E-state index in [1.807, 2.05) is 45.0 Å². The molecule has 3 saturated heterocycles. The number of amides is 2. The summed E-state index contributed by atoms with van der Waals surface area (Å²) in [6.07, 6.45) is 2.50. The van der Waals surface area contributed by atoms with Gasteiger partial charge in [0.1, 0.15) is 17.6 Å². The number of benzene rings is 1. The Morgan fingerprint density at radius 3 is 2.30 bits per heavy atom. The number of rotatable bonds is 12. The van der Waals surface area contributed by atoms with Gasteiger partial charge in [-0.25, -0.2) is 0 Å². The fourth-order valence-electron chi connectivity index (χ4n) is 7.58. The minimum atomic E-state index is -1.30. The van der Waals surface area contributed by atoms with E-state index in [2.05, 4.69) is 25.3 Å². The Labute approximate surface area is 237 Å². The number of hydrogen-bond acceptors (Lipinski definition) is 6. The van der Waals surface area contributed by atoms with Crippen LogP contribution in [-0.2, 0) is 19.1 Å². The SMILES string of the molecule is C=CCN(C(=O)C1N([C@@H](CO)CC(C)C)C(=O)[C@@H]2[C@H](C(=O)O)[C@@]3(C)OC12CC3C)c1ccc(N(CC)CC)cc1. The third kappa shape index (κ3) is 4.51. The van der Waals surface area contributed by atoms with Crippen LogP contribution in [0.25, 0.3) is 0 Å². The monoisotopic (exact) mass is 555 g/mol. The number of fused-ring (bicyclic) bond motifs is 1. The number of aliphatic hydroxyl groups is 1. The molecule has 40 heavy (non-hydrogen) atoms. The maximum Gasteiger partial charge on any atom is 0.310 e. The predicted octanol–water partition coefficient (Wildman–Crippen LogP) is 3.55. The second-order valence-electron chi connectivity index (χ2n) is 12.2. The Morgan fingerprint density at radius 2 is 1.80 bits per heavy atom. The van der Waals surface area contributed by atoms with Crippen LogP contribution in [0.5, 0.6) is 0 Å². The van der Waals surface area contributed by atoms with Gasteiger partial charge in [-0.15, -0.1) is 6.58 Å². The van der Waals surface area contributed by atoms with E-state index in [1.54, 1.807) is 17.9 Å². The van der Waals surface area contributed by atoms with E-state index in [-0.39, 0.29) is 30.9 Å². The molecule has 1 spiro atoms. The first-order valence-corrected chi connectivity index (χ1v) is 14.5. The maximum absolute atomic E-state index is 14.7. The van der Waals surface area contributed by atoms with Crippen LogP contribution in [-0.4, -0.2) is 82.4 Å². The number of ether oxygens (including phenoxy) is 1. The Morgan fingerprint density at radius 1 is 1.20 bits per heavy atom. The van der Waals surface area contributed by atoms with Gasteiger partial charge in [-0.2, -0.15) is 0 Å². The lowest BCUT2D eigenvalue weighted by molar-refractivity contribution is -0.157. The molecule has 1 aromatic rings. The predicted molar refractivity (Wildman–Crippen MR) is 154 cm³/mol. The maximum atomic E-state index is 14.7. The fraction of sp³-hybridized carbons (Fsp3) is 0.645. The molecule has 2 bridgehead atoms.